The van der Waals surface area contributed by atoms with Gasteiger partial charge in [0.1, 0.15) is 5.75 Å². The van der Waals surface area contributed by atoms with Crippen LogP contribution in [0.4, 0.5) is 11.4 Å². The maximum atomic E-state index is 5.90. The second-order valence-corrected chi connectivity index (χ2v) is 9.83. The predicted molar refractivity (Wildman–Crippen MR) is 149 cm³/mol. The molecule has 7 heteroatoms. The zero-order valence-electron chi connectivity index (χ0n) is 21.3. The molecule has 1 fully saturated rings. The van der Waals surface area contributed by atoms with Crippen LogP contribution in [0.15, 0.2) is 42.5 Å². The molecule has 2 heterocycles. The molecule has 0 radical (unpaired) electrons. The van der Waals surface area contributed by atoms with Crippen LogP contribution in [0.25, 0.3) is 0 Å². The van der Waals surface area contributed by atoms with Crippen LogP contribution in [0.1, 0.15) is 37.3 Å². The summed E-state index contributed by atoms with van der Waals surface area (Å²) in [4.78, 5) is 7.34. The molecule has 0 atom stereocenters. The lowest BCUT2D eigenvalue weighted by Gasteiger charge is -2.32. The molecule has 0 saturated carbocycles. The number of anilines is 2. The Hall–Kier alpha value is -2.35. The number of nitrogens with zero attached hydrogens (tertiary/aromatic N) is 3. The van der Waals surface area contributed by atoms with Gasteiger partial charge in [0.2, 0.25) is 0 Å². The van der Waals surface area contributed by atoms with E-state index in [0.717, 1.165) is 81.9 Å². The molecule has 0 spiro atoms. The molecule has 35 heavy (non-hydrogen) atoms. The molecule has 190 valence electrons. The number of nitrogens with one attached hydrogen (secondary N) is 1. The third kappa shape index (κ3) is 7.32. The van der Waals surface area contributed by atoms with Crippen molar-refractivity contribution in [3.8, 4) is 5.75 Å². The number of hydrogen-bond donors (Lipinski definition) is 1. The van der Waals surface area contributed by atoms with Gasteiger partial charge in [-0.3, -0.25) is 4.90 Å². The van der Waals surface area contributed by atoms with Gasteiger partial charge >= 0.3 is 0 Å². The number of benzene rings is 2. The summed E-state index contributed by atoms with van der Waals surface area (Å²) in [5, 5.41) is 4.21. The largest absolute Gasteiger partial charge is 0.497 e. The molecule has 0 amide bonds. The Kier molecular flexibility index (Phi) is 9.63. The predicted octanol–water partition coefficient (Wildman–Crippen LogP) is 4.78. The fourth-order valence-corrected chi connectivity index (χ4v) is 5.26. The van der Waals surface area contributed by atoms with Crippen LogP contribution in [0, 0.1) is 0 Å². The summed E-state index contributed by atoms with van der Waals surface area (Å²) < 4.78 is 10.8. The van der Waals surface area contributed by atoms with E-state index in [0.29, 0.717) is 0 Å². The fourth-order valence-electron chi connectivity index (χ4n) is 4.99. The molecule has 2 aromatic carbocycles. The first-order chi connectivity index (χ1) is 17.2. The highest BCUT2D eigenvalue weighted by Crippen LogP contribution is 2.29. The standard InChI is InChI=1S/C28H40N4O2S/c1-3-13-31-15-4-6-24-21-23(7-12-27(24)31)22-32(16-5-14-30-17-19-34-20-18-30)28(35)29-25-8-10-26(33-2)11-9-25/h7-12,21H,3-6,13-20,22H2,1-2H3,(H,29,35). The molecule has 2 aliphatic rings. The van der Waals surface area contributed by atoms with E-state index in [4.69, 9.17) is 21.7 Å². The van der Waals surface area contributed by atoms with Crippen molar-refractivity contribution in [2.45, 2.75) is 39.2 Å². The average molecular weight is 497 g/mol. The van der Waals surface area contributed by atoms with Crippen LogP contribution < -0.4 is 15.0 Å². The maximum Gasteiger partial charge on any atom is 0.173 e. The summed E-state index contributed by atoms with van der Waals surface area (Å²) in [6.07, 6.45) is 4.65. The van der Waals surface area contributed by atoms with Gasteiger partial charge < -0.3 is 24.6 Å². The molecule has 4 rings (SSSR count). The number of aryl methyl sites for hydroxylation is 1. The van der Waals surface area contributed by atoms with Crippen molar-refractivity contribution in [3.63, 3.8) is 0 Å². The highest BCUT2D eigenvalue weighted by atomic mass is 32.1. The van der Waals surface area contributed by atoms with Crippen LogP contribution >= 0.6 is 12.2 Å². The molecule has 2 aliphatic heterocycles. The molecular formula is C28H40N4O2S. The molecule has 1 saturated heterocycles. The Balaban J connectivity index is 1.44. The van der Waals surface area contributed by atoms with Crippen molar-refractivity contribution >= 4 is 28.7 Å². The molecule has 1 N–H and O–H groups in total. The Morgan fingerprint density at radius 1 is 1.09 bits per heavy atom. The van der Waals surface area contributed by atoms with Gasteiger partial charge in [-0.05, 0) is 79.4 Å². The number of ether oxygens (including phenoxy) is 2. The minimum atomic E-state index is 0.766. The Morgan fingerprint density at radius 2 is 1.89 bits per heavy atom. The number of rotatable bonds is 10. The van der Waals surface area contributed by atoms with Crippen molar-refractivity contribution in [1.82, 2.24) is 9.80 Å². The lowest BCUT2D eigenvalue weighted by Crippen LogP contribution is -2.40. The minimum Gasteiger partial charge on any atom is -0.497 e. The Labute approximate surface area is 216 Å². The fraction of sp³-hybridized carbons (Fsp3) is 0.536. The zero-order chi connectivity index (χ0) is 24.5. The van der Waals surface area contributed by atoms with Gasteiger partial charge in [0.25, 0.3) is 0 Å². The Bertz CT molecular complexity index is 946. The van der Waals surface area contributed by atoms with E-state index in [1.54, 1.807) is 7.11 Å². The number of morpholine rings is 1. The smallest absolute Gasteiger partial charge is 0.173 e. The molecule has 6 nitrogen and oxygen atoms in total. The minimum absolute atomic E-state index is 0.766. The molecule has 0 bridgehead atoms. The van der Waals surface area contributed by atoms with E-state index >= 15 is 0 Å². The van der Waals surface area contributed by atoms with Crippen LogP contribution in [-0.2, 0) is 17.7 Å². The second kappa shape index (κ2) is 13.1. The lowest BCUT2D eigenvalue weighted by atomic mass is 9.98. The summed E-state index contributed by atoms with van der Waals surface area (Å²) >= 11 is 5.90. The van der Waals surface area contributed by atoms with E-state index in [-0.39, 0.29) is 0 Å². The van der Waals surface area contributed by atoms with Crippen molar-refractivity contribution in [1.29, 1.82) is 0 Å². The van der Waals surface area contributed by atoms with E-state index in [9.17, 15) is 0 Å². The molecule has 0 unspecified atom stereocenters. The highest BCUT2D eigenvalue weighted by molar-refractivity contribution is 7.80. The van der Waals surface area contributed by atoms with Crippen LogP contribution in [-0.4, -0.2) is 74.5 Å². The topological polar surface area (TPSA) is 40.2 Å². The quantitative estimate of drug-likeness (QED) is 0.475. The SMILES string of the molecule is CCCN1CCCc2cc(CN(CCCN3CCOCC3)C(=S)Nc3ccc(OC)cc3)ccc21. The van der Waals surface area contributed by atoms with Crippen molar-refractivity contribution in [2.24, 2.45) is 0 Å². The van der Waals surface area contributed by atoms with Gasteiger partial charge in [-0.25, -0.2) is 0 Å². The first-order valence-corrected chi connectivity index (χ1v) is 13.4. The van der Waals surface area contributed by atoms with Gasteiger partial charge in [-0.15, -0.1) is 0 Å². The van der Waals surface area contributed by atoms with Crippen molar-refractivity contribution in [3.05, 3.63) is 53.6 Å². The van der Waals surface area contributed by atoms with Crippen molar-refractivity contribution in [2.75, 3.05) is 69.8 Å². The summed E-state index contributed by atoms with van der Waals surface area (Å²) in [5.74, 6) is 0.843. The summed E-state index contributed by atoms with van der Waals surface area (Å²) in [6.45, 7) is 11.1. The van der Waals surface area contributed by atoms with E-state index < -0.39 is 0 Å². The molecular weight excluding hydrogens is 456 g/mol. The average Bonchev–Trinajstić information content (AvgIpc) is 2.89. The number of hydrogen-bond acceptors (Lipinski definition) is 5. The van der Waals surface area contributed by atoms with Gasteiger partial charge in [0.15, 0.2) is 5.11 Å². The third-order valence-corrected chi connectivity index (χ3v) is 7.22. The summed E-state index contributed by atoms with van der Waals surface area (Å²) in [6, 6.07) is 15.0. The van der Waals surface area contributed by atoms with E-state index in [1.807, 2.05) is 24.3 Å². The van der Waals surface area contributed by atoms with Gasteiger partial charge in [0, 0.05) is 57.2 Å². The van der Waals surface area contributed by atoms with Gasteiger partial charge in [-0.1, -0.05) is 19.1 Å². The second-order valence-electron chi connectivity index (χ2n) is 9.44. The highest BCUT2D eigenvalue weighted by Gasteiger charge is 2.18. The molecule has 0 aromatic heterocycles. The van der Waals surface area contributed by atoms with E-state index in [2.05, 4.69) is 45.1 Å². The zero-order valence-corrected chi connectivity index (χ0v) is 22.1. The molecule has 2 aromatic rings. The van der Waals surface area contributed by atoms with Gasteiger partial charge in [-0.2, -0.15) is 0 Å². The summed E-state index contributed by atoms with van der Waals surface area (Å²) in [7, 11) is 1.68. The van der Waals surface area contributed by atoms with Crippen LogP contribution in [0.5, 0.6) is 5.75 Å². The maximum absolute atomic E-state index is 5.90. The first kappa shape index (κ1) is 25.7. The number of methoxy groups -OCH3 is 1. The first-order valence-electron chi connectivity index (χ1n) is 13.0. The molecule has 0 aliphatic carbocycles. The third-order valence-electron chi connectivity index (χ3n) is 6.86. The normalized spacial score (nSPS) is 16.0. The summed E-state index contributed by atoms with van der Waals surface area (Å²) in [5.41, 5.74) is 5.20. The number of thiocarbonyl (C=S) groups is 1. The number of fused-ring (bicyclic) bond motifs is 1. The van der Waals surface area contributed by atoms with Crippen LogP contribution in [0.2, 0.25) is 0 Å². The lowest BCUT2D eigenvalue weighted by molar-refractivity contribution is 0.0368. The van der Waals surface area contributed by atoms with Crippen LogP contribution in [0.3, 0.4) is 0 Å². The van der Waals surface area contributed by atoms with Crippen molar-refractivity contribution < 1.29 is 9.47 Å². The Morgan fingerprint density at radius 3 is 2.63 bits per heavy atom. The monoisotopic (exact) mass is 496 g/mol. The van der Waals surface area contributed by atoms with E-state index in [1.165, 1.54) is 36.2 Å². The van der Waals surface area contributed by atoms with Gasteiger partial charge in [0.05, 0.1) is 20.3 Å².